The van der Waals surface area contributed by atoms with Gasteiger partial charge in [0, 0.05) is 23.6 Å². The number of ether oxygens (including phenoxy) is 1. The second-order valence-electron chi connectivity index (χ2n) is 6.89. The van der Waals surface area contributed by atoms with Crippen molar-refractivity contribution in [2.75, 3.05) is 13.2 Å². The van der Waals surface area contributed by atoms with Crippen molar-refractivity contribution >= 4 is 45.5 Å². The van der Waals surface area contributed by atoms with E-state index in [4.69, 9.17) is 28.6 Å². The second kappa shape index (κ2) is 8.90. The van der Waals surface area contributed by atoms with E-state index in [-0.39, 0.29) is 17.1 Å². The van der Waals surface area contributed by atoms with E-state index < -0.39 is 0 Å². The Morgan fingerprint density at radius 3 is 2.83 bits per heavy atom. The van der Waals surface area contributed by atoms with Gasteiger partial charge in [-0.25, -0.2) is 0 Å². The molecule has 0 spiro atoms. The monoisotopic (exact) mass is 428 g/mol. The zero-order valence-corrected chi connectivity index (χ0v) is 17.3. The van der Waals surface area contributed by atoms with Gasteiger partial charge in [-0.3, -0.25) is 0 Å². The summed E-state index contributed by atoms with van der Waals surface area (Å²) >= 11 is 11.6. The molecule has 4 rings (SSSR count). The summed E-state index contributed by atoms with van der Waals surface area (Å²) in [7, 11) is 0. The van der Waals surface area contributed by atoms with E-state index in [9.17, 15) is 5.11 Å². The molecular formula is C21H21ClN4O2S. The van der Waals surface area contributed by atoms with Crippen LogP contribution in [-0.2, 0) is 11.3 Å². The van der Waals surface area contributed by atoms with Crippen LogP contribution in [0.25, 0.3) is 10.9 Å². The molecule has 0 aliphatic carbocycles. The van der Waals surface area contributed by atoms with Crippen LogP contribution in [0.1, 0.15) is 18.4 Å². The van der Waals surface area contributed by atoms with Crippen LogP contribution in [0, 0.1) is 0 Å². The number of azo groups is 1. The van der Waals surface area contributed by atoms with Gasteiger partial charge in [0.05, 0.1) is 18.2 Å². The lowest BCUT2D eigenvalue weighted by Gasteiger charge is -2.09. The average Bonchev–Trinajstić information content (AvgIpc) is 3.34. The zero-order valence-electron chi connectivity index (χ0n) is 15.7. The van der Waals surface area contributed by atoms with E-state index in [1.54, 1.807) is 4.57 Å². The maximum absolute atomic E-state index is 10.9. The minimum Gasteiger partial charge on any atom is -0.493 e. The number of halogens is 1. The van der Waals surface area contributed by atoms with Gasteiger partial charge in [0.25, 0.3) is 0 Å². The largest absolute Gasteiger partial charge is 0.493 e. The van der Waals surface area contributed by atoms with E-state index in [0.717, 1.165) is 35.9 Å². The fourth-order valence-corrected chi connectivity index (χ4v) is 3.78. The summed E-state index contributed by atoms with van der Waals surface area (Å²) in [5.74, 6) is 0.0248. The maximum atomic E-state index is 10.9. The third kappa shape index (κ3) is 4.42. The molecular weight excluding hydrogens is 408 g/mol. The van der Waals surface area contributed by atoms with Crippen LogP contribution >= 0.6 is 23.8 Å². The molecule has 2 N–H and O–H groups in total. The Kier molecular flexibility index (Phi) is 6.08. The zero-order chi connectivity index (χ0) is 20.2. The molecule has 0 saturated carbocycles. The van der Waals surface area contributed by atoms with Gasteiger partial charge < -0.3 is 19.7 Å². The average molecular weight is 429 g/mol. The summed E-state index contributed by atoms with van der Waals surface area (Å²) in [5.41, 5.74) is 2.13. The molecule has 1 aliphatic rings. The summed E-state index contributed by atoms with van der Waals surface area (Å²) < 4.78 is 7.34. The first-order valence-electron chi connectivity index (χ1n) is 9.48. The first-order chi connectivity index (χ1) is 14.1. The highest BCUT2D eigenvalue weighted by Crippen LogP contribution is 2.39. The molecule has 1 aromatic heterocycles. The Bertz CT molecular complexity index is 1060. The molecule has 1 fully saturated rings. The molecule has 1 saturated heterocycles. The van der Waals surface area contributed by atoms with Crippen molar-refractivity contribution in [2.24, 2.45) is 10.2 Å². The number of hydrogen-bond donors (Lipinski definition) is 2. The third-order valence-corrected chi connectivity index (χ3v) is 5.54. The number of nitrogens with zero attached hydrogens (tertiary/aromatic N) is 3. The van der Waals surface area contributed by atoms with E-state index in [1.165, 1.54) is 0 Å². The summed E-state index contributed by atoms with van der Waals surface area (Å²) in [5, 5.41) is 24.0. The van der Waals surface area contributed by atoms with Crippen LogP contribution in [0.4, 0.5) is 5.69 Å². The fraction of sp³-hybridized carbons (Fsp3) is 0.286. The highest BCUT2D eigenvalue weighted by Gasteiger charge is 2.18. The van der Waals surface area contributed by atoms with Gasteiger partial charge in [0.2, 0.25) is 11.0 Å². The highest BCUT2D eigenvalue weighted by atomic mass is 35.5. The van der Waals surface area contributed by atoms with Crippen LogP contribution in [0.3, 0.4) is 0 Å². The normalized spacial score (nSPS) is 16.7. The molecule has 1 aliphatic heterocycles. The molecule has 8 heteroatoms. The standard InChI is InChI=1S/C21H21ClN4O2S/c22-17-9-3-1-6-14(17)13-26-18-10-4-2-8-16(18)19(20(26)27)24-25-21(29)23-12-15-7-5-11-28-15/h1-4,6,8-10,15,27H,5,7,11-13H2,(H,23,29). The van der Waals surface area contributed by atoms with E-state index in [2.05, 4.69) is 15.5 Å². The molecule has 2 heterocycles. The van der Waals surface area contributed by atoms with Crippen LogP contribution in [0.2, 0.25) is 5.02 Å². The fourth-order valence-electron chi connectivity index (χ4n) is 3.46. The van der Waals surface area contributed by atoms with Crippen LogP contribution in [0.15, 0.2) is 58.8 Å². The lowest BCUT2D eigenvalue weighted by atomic mass is 10.2. The van der Waals surface area contributed by atoms with E-state index >= 15 is 0 Å². The topological polar surface area (TPSA) is 71.1 Å². The SMILES string of the molecule is Oc1c(N=NC(=S)NCC2CCCO2)c2ccccc2n1Cc1ccccc1Cl. The van der Waals surface area contributed by atoms with Gasteiger partial charge in [0.15, 0.2) is 5.69 Å². The summed E-state index contributed by atoms with van der Waals surface area (Å²) in [6, 6.07) is 15.2. The van der Waals surface area contributed by atoms with Gasteiger partial charge in [-0.15, -0.1) is 10.2 Å². The summed E-state index contributed by atoms with van der Waals surface area (Å²) in [6.45, 7) is 1.82. The van der Waals surface area contributed by atoms with Gasteiger partial charge in [-0.2, -0.15) is 0 Å². The van der Waals surface area contributed by atoms with Crippen molar-refractivity contribution in [3.8, 4) is 5.88 Å². The van der Waals surface area contributed by atoms with Crippen molar-refractivity contribution in [3.63, 3.8) is 0 Å². The number of rotatable bonds is 5. The van der Waals surface area contributed by atoms with Gasteiger partial charge in [-0.05, 0) is 42.8 Å². The summed E-state index contributed by atoms with van der Waals surface area (Å²) in [6.07, 6.45) is 2.25. The van der Waals surface area contributed by atoms with Crippen LogP contribution in [-0.4, -0.2) is 34.0 Å². The molecule has 150 valence electrons. The molecule has 2 aromatic carbocycles. The second-order valence-corrected chi connectivity index (χ2v) is 7.68. The van der Waals surface area contributed by atoms with Crippen LogP contribution < -0.4 is 5.32 Å². The smallest absolute Gasteiger partial charge is 0.221 e. The molecule has 6 nitrogen and oxygen atoms in total. The molecule has 3 aromatic rings. The van der Waals surface area contributed by atoms with Gasteiger partial charge >= 0.3 is 0 Å². The lowest BCUT2D eigenvalue weighted by Crippen LogP contribution is -2.29. The number of aromatic nitrogens is 1. The Morgan fingerprint density at radius 1 is 1.24 bits per heavy atom. The number of benzene rings is 2. The number of nitrogens with one attached hydrogen (secondary N) is 1. The number of thiocarbonyl (C=S) groups is 1. The van der Waals surface area contributed by atoms with Gasteiger partial charge in [0.1, 0.15) is 0 Å². The number of para-hydroxylation sites is 1. The molecule has 0 bridgehead atoms. The third-order valence-electron chi connectivity index (χ3n) is 4.95. The minimum atomic E-state index is 0.0248. The Morgan fingerprint density at radius 2 is 2.03 bits per heavy atom. The van der Waals surface area contributed by atoms with E-state index in [1.807, 2.05) is 48.5 Å². The Balaban J connectivity index is 1.58. The minimum absolute atomic E-state index is 0.0248. The van der Waals surface area contributed by atoms with Crippen molar-refractivity contribution in [3.05, 3.63) is 59.1 Å². The highest BCUT2D eigenvalue weighted by molar-refractivity contribution is 7.80. The van der Waals surface area contributed by atoms with Crippen molar-refractivity contribution in [1.82, 2.24) is 9.88 Å². The molecule has 1 unspecified atom stereocenters. The Labute approximate surface area is 179 Å². The van der Waals surface area contributed by atoms with Crippen molar-refractivity contribution in [2.45, 2.75) is 25.5 Å². The number of hydrogen-bond acceptors (Lipinski definition) is 4. The summed E-state index contributed by atoms with van der Waals surface area (Å²) in [4.78, 5) is 0. The lowest BCUT2D eigenvalue weighted by molar-refractivity contribution is 0.114. The maximum Gasteiger partial charge on any atom is 0.221 e. The molecule has 29 heavy (non-hydrogen) atoms. The molecule has 0 radical (unpaired) electrons. The predicted octanol–water partition coefficient (Wildman–Crippen LogP) is 5.19. The van der Waals surface area contributed by atoms with Gasteiger partial charge in [-0.1, -0.05) is 48.0 Å². The molecule has 1 atom stereocenters. The number of fused-ring (bicyclic) bond motifs is 1. The van der Waals surface area contributed by atoms with Crippen LogP contribution in [0.5, 0.6) is 5.88 Å². The first-order valence-corrected chi connectivity index (χ1v) is 10.3. The Hall–Kier alpha value is -2.48. The van der Waals surface area contributed by atoms with E-state index in [0.29, 0.717) is 23.8 Å². The number of aromatic hydroxyl groups is 1. The van der Waals surface area contributed by atoms with Crippen molar-refractivity contribution < 1.29 is 9.84 Å². The molecule has 0 amide bonds. The predicted molar refractivity (Wildman–Crippen MR) is 118 cm³/mol. The van der Waals surface area contributed by atoms with Crippen molar-refractivity contribution in [1.29, 1.82) is 0 Å². The quantitative estimate of drug-likeness (QED) is 0.433. The first kappa shape index (κ1) is 19.8.